The third-order valence-corrected chi connectivity index (χ3v) is 2.90. The van der Waals surface area contributed by atoms with Gasteiger partial charge in [0.25, 0.3) is 5.56 Å². The van der Waals surface area contributed by atoms with Crippen molar-refractivity contribution in [3.05, 3.63) is 34.9 Å². The summed E-state index contributed by atoms with van der Waals surface area (Å²) in [6.07, 6.45) is 3.21. The third-order valence-electron chi connectivity index (χ3n) is 2.90. The van der Waals surface area contributed by atoms with Gasteiger partial charge in [0.15, 0.2) is 5.58 Å². The van der Waals surface area contributed by atoms with Crippen LogP contribution in [0.1, 0.15) is 20.8 Å². The van der Waals surface area contributed by atoms with Gasteiger partial charge in [-0.05, 0) is 12.1 Å². The van der Waals surface area contributed by atoms with Crippen molar-refractivity contribution in [3.63, 3.8) is 0 Å². The Kier molecular flexibility index (Phi) is 3.46. The van der Waals surface area contributed by atoms with Crippen molar-refractivity contribution in [2.45, 2.75) is 27.3 Å². The van der Waals surface area contributed by atoms with E-state index in [0.717, 1.165) is 5.39 Å². The average Bonchev–Trinajstić information content (AvgIpc) is 2.79. The van der Waals surface area contributed by atoms with E-state index < -0.39 is 5.41 Å². The molecule has 0 aromatic carbocycles. The first-order valence-corrected chi connectivity index (χ1v) is 6.24. The minimum absolute atomic E-state index is 0.0281. The lowest BCUT2D eigenvalue weighted by Gasteiger charge is -2.17. The van der Waals surface area contributed by atoms with E-state index in [0.29, 0.717) is 18.7 Å². The second kappa shape index (κ2) is 4.91. The molecule has 5 heteroatoms. The Morgan fingerprint density at radius 3 is 2.79 bits per heavy atom. The van der Waals surface area contributed by atoms with Gasteiger partial charge < -0.3 is 14.3 Å². The first-order valence-electron chi connectivity index (χ1n) is 6.24. The minimum atomic E-state index is -0.421. The number of hydrogen-bond acceptors (Lipinski definition) is 3. The Balaban J connectivity index is 2.05. The predicted molar refractivity (Wildman–Crippen MR) is 72.9 cm³/mol. The number of carbonyl (C=O) groups excluding carboxylic acids is 1. The Hall–Kier alpha value is -2.04. The van der Waals surface area contributed by atoms with E-state index in [1.165, 1.54) is 10.8 Å². The molecular formula is C14H18N2O3. The van der Waals surface area contributed by atoms with Crippen LogP contribution in [0.3, 0.4) is 0 Å². The van der Waals surface area contributed by atoms with Gasteiger partial charge in [0.1, 0.15) is 0 Å². The molecule has 0 unspecified atom stereocenters. The lowest BCUT2D eigenvalue weighted by atomic mass is 9.96. The summed E-state index contributed by atoms with van der Waals surface area (Å²) < 4.78 is 6.69. The minimum Gasteiger partial charge on any atom is -0.459 e. The molecule has 19 heavy (non-hydrogen) atoms. The zero-order valence-corrected chi connectivity index (χ0v) is 11.4. The second-order valence-corrected chi connectivity index (χ2v) is 5.53. The number of pyridine rings is 1. The predicted octanol–water partition coefficient (Wildman–Crippen LogP) is 1.76. The van der Waals surface area contributed by atoms with E-state index in [4.69, 9.17) is 4.42 Å². The molecule has 2 aromatic heterocycles. The van der Waals surface area contributed by atoms with E-state index in [2.05, 4.69) is 5.32 Å². The highest BCUT2D eigenvalue weighted by molar-refractivity contribution is 5.81. The summed E-state index contributed by atoms with van der Waals surface area (Å²) in [7, 11) is 0. The van der Waals surface area contributed by atoms with Crippen LogP contribution in [0.25, 0.3) is 11.0 Å². The van der Waals surface area contributed by atoms with Crippen molar-refractivity contribution in [2.24, 2.45) is 5.41 Å². The quantitative estimate of drug-likeness (QED) is 0.916. The highest BCUT2D eigenvalue weighted by Gasteiger charge is 2.20. The van der Waals surface area contributed by atoms with Gasteiger partial charge in [0, 0.05) is 30.1 Å². The third kappa shape index (κ3) is 2.86. The van der Waals surface area contributed by atoms with Gasteiger partial charge in [-0.1, -0.05) is 20.8 Å². The number of aromatic nitrogens is 1. The Morgan fingerprint density at radius 2 is 2.11 bits per heavy atom. The molecular weight excluding hydrogens is 244 g/mol. The van der Waals surface area contributed by atoms with Crippen molar-refractivity contribution in [2.75, 3.05) is 6.54 Å². The maximum atomic E-state index is 12.0. The summed E-state index contributed by atoms with van der Waals surface area (Å²) >= 11 is 0. The van der Waals surface area contributed by atoms with Crippen LogP contribution in [0.5, 0.6) is 0 Å². The van der Waals surface area contributed by atoms with Gasteiger partial charge in [0.2, 0.25) is 5.91 Å². The van der Waals surface area contributed by atoms with Crippen LogP contribution in [0.15, 0.2) is 33.8 Å². The van der Waals surface area contributed by atoms with Crippen molar-refractivity contribution in [3.8, 4) is 0 Å². The first-order chi connectivity index (χ1) is 8.89. The first kappa shape index (κ1) is 13.4. The zero-order valence-electron chi connectivity index (χ0n) is 11.4. The molecule has 1 N–H and O–H groups in total. The van der Waals surface area contributed by atoms with Crippen LogP contribution in [0.4, 0.5) is 0 Å². The summed E-state index contributed by atoms with van der Waals surface area (Å²) in [5, 5.41) is 3.60. The lowest BCUT2D eigenvalue weighted by molar-refractivity contribution is -0.128. The fourth-order valence-corrected chi connectivity index (χ4v) is 1.72. The largest absolute Gasteiger partial charge is 0.459 e. The molecule has 1 amide bonds. The van der Waals surface area contributed by atoms with E-state index in [9.17, 15) is 9.59 Å². The van der Waals surface area contributed by atoms with E-state index in [1.54, 1.807) is 12.3 Å². The number of nitrogens with one attached hydrogen (secondary N) is 1. The molecule has 2 heterocycles. The SMILES string of the molecule is CC(C)(C)C(=O)NCCn1ccc2ccoc2c1=O. The molecule has 0 aliphatic carbocycles. The van der Waals surface area contributed by atoms with Crippen LogP contribution in [-0.4, -0.2) is 17.0 Å². The van der Waals surface area contributed by atoms with Crippen molar-refractivity contribution >= 4 is 16.9 Å². The molecule has 102 valence electrons. The van der Waals surface area contributed by atoms with Crippen LogP contribution in [0.2, 0.25) is 0 Å². The number of rotatable bonds is 3. The Morgan fingerprint density at radius 1 is 1.37 bits per heavy atom. The van der Waals surface area contributed by atoms with Crippen LogP contribution >= 0.6 is 0 Å². The number of carbonyl (C=O) groups is 1. The number of nitrogens with zero attached hydrogens (tertiary/aromatic N) is 1. The van der Waals surface area contributed by atoms with Gasteiger partial charge in [-0.15, -0.1) is 0 Å². The molecule has 0 radical (unpaired) electrons. The van der Waals surface area contributed by atoms with Gasteiger partial charge in [-0.3, -0.25) is 9.59 Å². The lowest BCUT2D eigenvalue weighted by Crippen LogP contribution is -2.37. The number of fused-ring (bicyclic) bond motifs is 1. The fourth-order valence-electron chi connectivity index (χ4n) is 1.72. The molecule has 2 rings (SSSR count). The monoisotopic (exact) mass is 262 g/mol. The van der Waals surface area contributed by atoms with Crippen LogP contribution in [0, 0.1) is 5.41 Å². The molecule has 0 aliphatic heterocycles. The molecule has 5 nitrogen and oxygen atoms in total. The topological polar surface area (TPSA) is 64.2 Å². The van der Waals surface area contributed by atoms with Crippen molar-refractivity contribution in [1.82, 2.24) is 9.88 Å². The van der Waals surface area contributed by atoms with Gasteiger partial charge >= 0.3 is 0 Å². The van der Waals surface area contributed by atoms with Crippen molar-refractivity contribution < 1.29 is 9.21 Å². The highest BCUT2D eigenvalue weighted by Crippen LogP contribution is 2.12. The Bertz CT molecular complexity index is 646. The van der Waals surface area contributed by atoms with E-state index in [-0.39, 0.29) is 11.5 Å². The molecule has 0 bridgehead atoms. The second-order valence-electron chi connectivity index (χ2n) is 5.53. The normalized spacial score (nSPS) is 11.7. The summed E-state index contributed by atoms with van der Waals surface area (Å²) in [6.45, 7) is 6.40. The standard InChI is InChI=1S/C14H18N2O3/c1-14(2,3)13(18)15-6-8-16-7-4-10-5-9-19-11(10)12(16)17/h4-5,7,9H,6,8H2,1-3H3,(H,15,18). The van der Waals surface area contributed by atoms with Crippen molar-refractivity contribution in [1.29, 1.82) is 0 Å². The summed E-state index contributed by atoms with van der Waals surface area (Å²) in [5.74, 6) is -0.0281. The van der Waals surface area contributed by atoms with Gasteiger partial charge in [0.05, 0.1) is 6.26 Å². The number of amides is 1. The molecule has 0 spiro atoms. The molecule has 2 aromatic rings. The zero-order chi connectivity index (χ0) is 14.0. The highest BCUT2D eigenvalue weighted by atomic mass is 16.3. The van der Waals surface area contributed by atoms with Crippen LogP contribution < -0.4 is 10.9 Å². The molecule has 0 saturated heterocycles. The van der Waals surface area contributed by atoms with Crippen LogP contribution in [-0.2, 0) is 11.3 Å². The van der Waals surface area contributed by atoms with E-state index >= 15 is 0 Å². The summed E-state index contributed by atoms with van der Waals surface area (Å²) in [5.41, 5.74) is -0.243. The van der Waals surface area contributed by atoms with Gasteiger partial charge in [-0.2, -0.15) is 0 Å². The Labute approximate surface area is 111 Å². The molecule has 0 atom stereocenters. The summed E-state index contributed by atoms with van der Waals surface area (Å²) in [4.78, 5) is 23.7. The molecule has 0 saturated carbocycles. The number of furan rings is 1. The smallest absolute Gasteiger partial charge is 0.294 e. The molecule has 0 fully saturated rings. The molecule has 0 aliphatic rings. The fraction of sp³-hybridized carbons (Fsp3) is 0.429. The average molecular weight is 262 g/mol. The summed E-state index contributed by atoms with van der Waals surface area (Å²) in [6, 6.07) is 3.58. The maximum absolute atomic E-state index is 12.0. The maximum Gasteiger partial charge on any atom is 0.294 e. The number of hydrogen-bond donors (Lipinski definition) is 1. The van der Waals surface area contributed by atoms with Gasteiger partial charge in [-0.25, -0.2) is 0 Å². The van der Waals surface area contributed by atoms with E-state index in [1.807, 2.05) is 26.8 Å².